The predicted molar refractivity (Wildman–Crippen MR) is 94.0 cm³/mol. The minimum Gasteiger partial charge on any atom is -0.481 e. The highest BCUT2D eigenvalue weighted by Crippen LogP contribution is 2.19. The predicted octanol–water partition coefficient (Wildman–Crippen LogP) is 4.60. The zero-order valence-corrected chi connectivity index (χ0v) is 14.6. The largest absolute Gasteiger partial charge is 0.481 e. The molecule has 0 aromatic heterocycles. The third kappa shape index (κ3) is 4.73. The molecule has 1 N–H and O–H groups in total. The molecule has 2 atom stereocenters. The lowest BCUT2D eigenvalue weighted by atomic mass is 10.0. The molecule has 23 heavy (non-hydrogen) atoms. The van der Waals surface area contributed by atoms with E-state index in [0.29, 0.717) is 10.8 Å². The molecule has 2 aromatic rings. The zero-order valence-electron chi connectivity index (χ0n) is 13.9. The minimum atomic E-state index is -0.579. The summed E-state index contributed by atoms with van der Waals surface area (Å²) in [5, 5.41) is 3.62. The molecular weight excluding hydrogens is 310 g/mol. The molecule has 4 heteroatoms. The van der Waals surface area contributed by atoms with Gasteiger partial charge in [-0.3, -0.25) is 4.79 Å². The number of amides is 1. The Kier molecular flexibility index (Phi) is 5.67. The van der Waals surface area contributed by atoms with Crippen LogP contribution in [-0.2, 0) is 4.79 Å². The summed E-state index contributed by atoms with van der Waals surface area (Å²) in [5.74, 6) is 0.474. The normalized spacial score (nSPS) is 13.3. The van der Waals surface area contributed by atoms with Crippen molar-refractivity contribution < 1.29 is 9.53 Å². The molecule has 0 aliphatic rings. The van der Waals surface area contributed by atoms with Crippen molar-refractivity contribution in [2.75, 3.05) is 0 Å². The number of aryl methyl sites for hydroxylation is 2. The smallest absolute Gasteiger partial charge is 0.261 e. The number of benzene rings is 2. The van der Waals surface area contributed by atoms with E-state index in [1.54, 1.807) is 31.2 Å². The molecule has 0 spiro atoms. The summed E-state index contributed by atoms with van der Waals surface area (Å²) in [5.41, 5.74) is 3.54. The van der Waals surface area contributed by atoms with Crippen molar-refractivity contribution >= 4 is 17.5 Å². The second-order valence-electron chi connectivity index (χ2n) is 5.79. The molecule has 2 rings (SSSR count). The highest BCUT2D eigenvalue weighted by Gasteiger charge is 2.18. The van der Waals surface area contributed by atoms with E-state index < -0.39 is 6.10 Å². The summed E-state index contributed by atoms with van der Waals surface area (Å²) in [7, 11) is 0. The van der Waals surface area contributed by atoms with Gasteiger partial charge in [0.2, 0.25) is 0 Å². The van der Waals surface area contributed by atoms with Gasteiger partial charge in [-0.05, 0) is 68.7 Å². The molecule has 0 saturated heterocycles. The van der Waals surface area contributed by atoms with Crippen LogP contribution in [0.25, 0.3) is 0 Å². The van der Waals surface area contributed by atoms with Crippen molar-refractivity contribution in [1.29, 1.82) is 0 Å². The Hall–Kier alpha value is -2.00. The Labute approximate surface area is 142 Å². The molecule has 0 aliphatic carbocycles. The molecule has 0 radical (unpaired) electrons. The van der Waals surface area contributed by atoms with E-state index >= 15 is 0 Å². The Balaban J connectivity index is 1.96. The van der Waals surface area contributed by atoms with Crippen molar-refractivity contribution in [3.8, 4) is 5.75 Å². The van der Waals surface area contributed by atoms with Gasteiger partial charge in [-0.1, -0.05) is 29.8 Å². The summed E-state index contributed by atoms with van der Waals surface area (Å²) >= 11 is 5.84. The van der Waals surface area contributed by atoms with Crippen LogP contribution in [0.15, 0.2) is 42.5 Å². The minimum absolute atomic E-state index is 0.0712. The molecule has 0 fully saturated rings. The molecule has 0 unspecified atom stereocenters. The van der Waals surface area contributed by atoms with Crippen LogP contribution in [0.2, 0.25) is 5.02 Å². The molecule has 0 aliphatic heterocycles. The highest BCUT2D eigenvalue weighted by atomic mass is 35.5. The van der Waals surface area contributed by atoms with Crippen LogP contribution in [0.1, 0.15) is 36.6 Å². The van der Waals surface area contributed by atoms with Crippen LogP contribution < -0.4 is 10.1 Å². The van der Waals surface area contributed by atoms with Crippen LogP contribution in [0.5, 0.6) is 5.75 Å². The Bertz CT molecular complexity index is 682. The maximum absolute atomic E-state index is 12.3. The molecule has 3 nitrogen and oxygen atoms in total. The van der Waals surface area contributed by atoms with Gasteiger partial charge in [0, 0.05) is 5.02 Å². The first-order valence-corrected chi connectivity index (χ1v) is 8.04. The van der Waals surface area contributed by atoms with Crippen LogP contribution >= 0.6 is 11.6 Å². The molecule has 0 saturated carbocycles. The van der Waals surface area contributed by atoms with Gasteiger partial charge in [0.1, 0.15) is 5.75 Å². The zero-order chi connectivity index (χ0) is 17.0. The summed E-state index contributed by atoms with van der Waals surface area (Å²) < 4.78 is 5.64. The van der Waals surface area contributed by atoms with Gasteiger partial charge in [0.05, 0.1) is 6.04 Å². The SMILES string of the molecule is Cc1ccc([C@@H](C)NC(=O)[C@@H](C)Oc2ccc(Cl)cc2)cc1C. The van der Waals surface area contributed by atoms with Gasteiger partial charge >= 0.3 is 0 Å². The third-order valence-corrected chi connectivity index (χ3v) is 4.14. The Morgan fingerprint density at radius 2 is 1.70 bits per heavy atom. The topological polar surface area (TPSA) is 38.3 Å². The maximum atomic E-state index is 12.3. The fraction of sp³-hybridized carbons (Fsp3) is 0.316. The lowest BCUT2D eigenvalue weighted by Crippen LogP contribution is -2.37. The number of halogens is 1. The molecule has 0 heterocycles. The van der Waals surface area contributed by atoms with E-state index in [4.69, 9.17) is 16.3 Å². The van der Waals surface area contributed by atoms with E-state index in [2.05, 4.69) is 31.3 Å². The Morgan fingerprint density at radius 1 is 1.04 bits per heavy atom. The first-order valence-electron chi connectivity index (χ1n) is 7.66. The summed E-state index contributed by atoms with van der Waals surface area (Å²) in [6.07, 6.45) is -0.579. The highest BCUT2D eigenvalue weighted by molar-refractivity contribution is 6.30. The van der Waals surface area contributed by atoms with E-state index in [1.807, 2.05) is 13.0 Å². The van der Waals surface area contributed by atoms with Gasteiger partial charge in [0.15, 0.2) is 6.10 Å². The number of carbonyl (C=O) groups excluding carboxylic acids is 1. The second kappa shape index (κ2) is 7.51. The molecular formula is C19H22ClNO2. The van der Waals surface area contributed by atoms with Crippen molar-refractivity contribution in [3.63, 3.8) is 0 Å². The lowest BCUT2D eigenvalue weighted by molar-refractivity contribution is -0.127. The fourth-order valence-corrected chi connectivity index (χ4v) is 2.34. The third-order valence-electron chi connectivity index (χ3n) is 3.89. The van der Waals surface area contributed by atoms with Gasteiger partial charge in [-0.25, -0.2) is 0 Å². The first-order chi connectivity index (χ1) is 10.9. The number of rotatable bonds is 5. The quantitative estimate of drug-likeness (QED) is 0.869. The van der Waals surface area contributed by atoms with Crippen LogP contribution in [-0.4, -0.2) is 12.0 Å². The summed E-state index contributed by atoms with van der Waals surface area (Å²) in [6.45, 7) is 7.85. The van der Waals surface area contributed by atoms with E-state index in [-0.39, 0.29) is 11.9 Å². The summed E-state index contributed by atoms with van der Waals surface area (Å²) in [6, 6.07) is 13.1. The van der Waals surface area contributed by atoms with Crippen LogP contribution in [0, 0.1) is 13.8 Å². The molecule has 122 valence electrons. The Morgan fingerprint density at radius 3 is 2.30 bits per heavy atom. The standard InChI is InChI=1S/C19H22ClNO2/c1-12-5-6-16(11-13(12)2)14(3)21-19(22)15(4)23-18-9-7-17(20)8-10-18/h5-11,14-15H,1-4H3,(H,21,22)/t14-,15-/m1/s1. The monoisotopic (exact) mass is 331 g/mol. The van der Waals surface area contributed by atoms with Gasteiger partial charge in [0.25, 0.3) is 5.91 Å². The number of carbonyl (C=O) groups is 1. The van der Waals surface area contributed by atoms with E-state index in [0.717, 1.165) is 5.56 Å². The maximum Gasteiger partial charge on any atom is 0.261 e. The van der Waals surface area contributed by atoms with Gasteiger partial charge in [-0.15, -0.1) is 0 Å². The van der Waals surface area contributed by atoms with Gasteiger partial charge < -0.3 is 10.1 Å². The fourth-order valence-electron chi connectivity index (χ4n) is 2.22. The molecule has 2 aromatic carbocycles. The molecule has 1 amide bonds. The number of hydrogen-bond donors (Lipinski definition) is 1. The first kappa shape index (κ1) is 17.4. The van der Waals surface area contributed by atoms with Crippen LogP contribution in [0.3, 0.4) is 0 Å². The molecule has 0 bridgehead atoms. The van der Waals surface area contributed by atoms with Gasteiger partial charge in [-0.2, -0.15) is 0 Å². The number of ether oxygens (including phenoxy) is 1. The van der Waals surface area contributed by atoms with Crippen molar-refractivity contribution in [3.05, 3.63) is 64.2 Å². The second-order valence-corrected chi connectivity index (χ2v) is 6.22. The van der Waals surface area contributed by atoms with E-state index in [9.17, 15) is 4.79 Å². The number of hydrogen-bond acceptors (Lipinski definition) is 2. The summed E-state index contributed by atoms with van der Waals surface area (Å²) in [4.78, 5) is 12.3. The average molecular weight is 332 g/mol. The lowest BCUT2D eigenvalue weighted by Gasteiger charge is -2.19. The van der Waals surface area contributed by atoms with Crippen LogP contribution in [0.4, 0.5) is 0 Å². The van der Waals surface area contributed by atoms with E-state index in [1.165, 1.54) is 11.1 Å². The van der Waals surface area contributed by atoms with Crippen molar-refractivity contribution in [2.45, 2.75) is 39.8 Å². The van der Waals surface area contributed by atoms with Crippen molar-refractivity contribution in [1.82, 2.24) is 5.32 Å². The average Bonchev–Trinajstić information content (AvgIpc) is 2.52. The number of nitrogens with one attached hydrogen (secondary N) is 1. The van der Waals surface area contributed by atoms with Crippen molar-refractivity contribution in [2.24, 2.45) is 0 Å².